The topological polar surface area (TPSA) is 34.9 Å². The Labute approximate surface area is 123 Å². The van der Waals surface area contributed by atoms with Crippen LogP contribution in [0.15, 0.2) is 30.9 Å². The zero-order chi connectivity index (χ0) is 15.0. The third-order valence-corrected chi connectivity index (χ3v) is 3.40. The molecule has 0 aliphatic carbocycles. The molecule has 0 bridgehead atoms. The number of unbranched alkanes of at least 4 members (excludes halogenated alkanes) is 4. The first kappa shape index (κ1) is 16.7. The molecule has 1 heterocycles. The second-order valence-electron chi connectivity index (χ2n) is 6.35. The van der Waals surface area contributed by atoms with Gasteiger partial charge in [-0.2, -0.15) is 0 Å². The molecule has 1 unspecified atom stereocenters. The van der Waals surface area contributed by atoms with Crippen molar-refractivity contribution in [3.05, 3.63) is 30.9 Å². The highest BCUT2D eigenvalue weighted by molar-refractivity contribution is 5.88. The summed E-state index contributed by atoms with van der Waals surface area (Å²) < 4.78 is 1.89. The van der Waals surface area contributed by atoms with Crippen molar-refractivity contribution in [2.75, 3.05) is 0 Å². The number of Topliss-reactive ketones (excluding diaryl/α,β-unsaturated/α-hetero) is 1. The zero-order valence-electron chi connectivity index (χ0n) is 13.3. The summed E-state index contributed by atoms with van der Waals surface area (Å²) in [6.45, 7) is 8.12. The minimum absolute atomic E-state index is 0.223. The van der Waals surface area contributed by atoms with E-state index in [-0.39, 0.29) is 17.2 Å². The Kier molecular flexibility index (Phi) is 6.69. The molecule has 3 heteroatoms. The first-order chi connectivity index (χ1) is 9.46. The van der Waals surface area contributed by atoms with E-state index in [4.69, 9.17) is 0 Å². The Bertz CT molecular complexity index is 413. The summed E-state index contributed by atoms with van der Waals surface area (Å²) in [6.07, 6.45) is 15.5. The van der Waals surface area contributed by atoms with Gasteiger partial charge in [-0.15, -0.1) is 0 Å². The maximum Gasteiger partial charge on any atom is 0.164 e. The quantitative estimate of drug-likeness (QED) is 0.515. The van der Waals surface area contributed by atoms with Gasteiger partial charge in [-0.25, -0.2) is 4.98 Å². The SMILES string of the molecule is CCCCCCC=CC(C(=O)C(C)(C)C)n1ccnc1. The Hall–Kier alpha value is -1.38. The van der Waals surface area contributed by atoms with Crippen molar-refractivity contribution in [2.45, 2.75) is 65.8 Å². The number of rotatable bonds is 8. The van der Waals surface area contributed by atoms with Gasteiger partial charge >= 0.3 is 0 Å². The number of allylic oxidation sites excluding steroid dienone is 2. The lowest BCUT2D eigenvalue weighted by molar-refractivity contribution is -0.128. The molecule has 0 aromatic carbocycles. The monoisotopic (exact) mass is 276 g/mol. The maximum absolute atomic E-state index is 12.5. The molecule has 3 nitrogen and oxygen atoms in total. The molecule has 1 rings (SSSR count). The molecule has 0 fully saturated rings. The number of hydrogen-bond acceptors (Lipinski definition) is 2. The summed E-state index contributed by atoms with van der Waals surface area (Å²) in [7, 11) is 0. The molecular formula is C17H28N2O. The van der Waals surface area contributed by atoms with E-state index in [2.05, 4.69) is 18.0 Å². The molecule has 0 aliphatic heterocycles. The van der Waals surface area contributed by atoms with E-state index in [9.17, 15) is 4.79 Å². The van der Waals surface area contributed by atoms with Crippen LogP contribution in [0.2, 0.25) is 0 Å². The van der Waals surface area contributed by atoms with Crippen molar-refractivity contribution < 1.29 is 4.79 Å². The standard InChI is InChI=1S/C17H28N2O/c1-5-6-7-8-9-10-11-15(16(20)17(2,3)4)19-13-12-18-14-19/h10-15H,5-9H2,1-4H3. The first-order valence-electron chi connectivity index (χ1n) is 7.65. The van der Waals surface area contributed by atoms with Gasteiger partial charge in [0.1, 0.15) is 6.04 Å². The summed E-state index contributed by atoms with van der Waals surface area (Å²) >= 11 is 0. The van der Waals surface area contributed by atoms with Gasteiger partial charge < -0.3 is 4.57 Å². The maximum atomic E-state index is 12.5. The molecule has 1 aromatic heterocycles. The molecule has 1 atom stereocenters. The van der Waals surface area contributed by atoms with Crippen molar-refractivity contribution in [3.8, 4) is 0 Å². The fraction of sp³-hybridized carbons (Fsp3) is 0.647. The fourth-order valence-corrected chi connectivity index (χ4v) is 2.11. The Morgan fingerprint density at radius 3 is 2.60 bits per heavy atom. The van der Waals surface area contributed by atoms with Gasteiger partial charge in [0, 0.05) is 17.8 Å². The Morgan fingerprint density at radius 2 is 2.05 bits per heavy atom. The molecule has 112 valence electrons. The minimum Gasteiger partial charge on any atom is -0.323 e. The number of imidazole rings is 1. The van der Waals surface area contributed by atoms with Crippen LogP contribution in [0.3, 0.4) is 0 Å². The zero-order valence-corrected chi connectivity index (χ0v) is 13.3. The van der Waals surface area contributed by atoms with Crippen molar-refractivity contribution in [1.82, 2.24) is 9.55 Å². The second kappa shape index (κ2) is 8.03. The number of nitrogens with zero attached hydrogens (tertiary/aromatic N) is 2. The molecule has 0 saturated heterocycles. The largest absolute Gasteiger partial charge is 0.323 e. The van der Waals surface area contributed by atoms with Gasteiger partial charge in [0.25, 0.3) is 0 Å². The molecule has 1 aromatic rings. The smallest absolute Gasteiger partial charge is 0.164 e. The lowest BCUT2D eigenvalue weighted by atomic mass is 9.86. The lowest BCUT2D eigenvalue weighted by Crippen LogP contribution is -2.29. The van der Waals surface area contributed by atoms with Crippen LogP contribution in [0.5, 0.6) is 0 Å². The normalized spacial score (nSPS) is 13.8. The van der Waals surface area contributed by atoms with Gasteiger partial charge in [0.2, 0.25) is 0 Å². The first-order valence-corrected chi connectivity index (χ1v) is 7.65. The van der Waals surface area contributed by atoms with Crippen molar-refractivity contribution in [1.29, 1.82) is 0 Å². The highest BCUT2D eigenvalue weighted by Crippen LogP contribution is 2.24. The van der Waals surface area contributed by atoms with E-state index in [0.717, 1.165) is 6.42 Å². The van der Waals surface area contributed by atoms with Crippen LogP contribution in [0.25, 0.3) is 0 Å². The molecule has 0 spiro atoms. The van der Waals surface area contributed by atoms with Crippen LogP contribution in [0.4, 0.5) is 0 Å². The fourth-order valence-electron chi connectivity index (χ4n) is 2.11. The highest BCUT2D eigenvalue weighted by Gasteiger charge is 2.28. The number of aromatic nitrogens is 2. The molecule has 20 heavy (non-hydrogen) atoms. The van der Waals surface area contributed by atoms with E-state index >= 15 is 0 Å². The average Bonchev–Trinajstić information content (AvgIpc) is 2.90. The highest BCUT2D eigenvalue weighted by atomic mass is 16.1. The van der Waals surface area contributed by atoms with Crippen LogP contribution in [-0.2, 0) is 4.79 Å². The Morgan fingerprint density at radius 1 is 1.30 bits per heavy atom. The van der Waals surface area contributed by atoms with Gasteiger partial charge in [-0.3, -0.25) is 4.79 Å². The summed E-state index contributed by atoms with van der Waals surface area (Å²) in [5, 5.41) is 0. The van der Waals surface area contributed by atoms with Crippen LogP contribution >= 0.6 is 0 Å². The second-order valence-corrected chi connectivity index (χ2v) is 6.35. The number of hydrogen-bond donors (Lipinski definition) is 0. The predicted molar refractivity (Wildman–Crippen MR) is 83.6 cm³/mol. The van der Waals surface area contributed by atoms with Gasteiger partial charge in [0.05, 0.1) is 6.33 Å². The van der Waals surface area contributed by atoms with Crippen molar-refractivity contribution in [2.24, 2.45) is 5.41 Å². The summed E-state index contributed by atoms with van der Waals surface area (Å²) in [4.78, 5) is 16.6. The third kappa shape index (κ3) is 5.32. The van der Waals surface area contributed by atoms with Crippen LogP contribution < -0.4 is 0 Å². The van der Waals surface area contributed by atoms with E-state index in [1.165, 1.54) is 25.7 Å². The van der Waals surface area contributed by atoms with Gasteiger partial charge in [-0.05, 0) is 12.8 Å². The molecule has 0 radical (unpaired) electrons. The van der Waals surface area contributed by atoms with Crippen molar-refractivity contribution >= 4 is 5.78 Å². The van der Waals surface area contributed by atoms with E-state index in [0.29, 0.717) is 0 Å². The summed E-state index contributed by atoms with van der Waals surface area (Å²) in [5.41, 5.74) is -0.346. The number of ketones is 1. The molecule has 0 saturated carbocycles. The van der Waals surface area contributed by atoms with E-state index in [1.807, 2.05) is 37.6 Å². The van der Waals surface area contributed by atoms with Crippen molar-refractivity contribution in [3.63, 3.8) is 0 Å². The number of carbonyl (C=O) groups is 1. The average molecular weight is 276 g/mol. The molecule has 0 N–H and O–H groups in total. The van der Waals surface area contributed by atoms with Gasteiger partial charge in [0.15, 0.2) is 5.78 Å². The van der Waals surface area contributed by atoms with Gasteiger partial charge in [-0.1, -0.05) is 59.1 Å². The van der Waals surface area contributed by atoms with E-state index < -0.39 is 0 Å². The molecule has 0 amide bonds. The molecular weight excluding hydrogens is 248 g/mol. The third-order valence-electron chi connectivity index (χ3n) is 3.40. The molecule has 0 aliphatic rings. The van der Waals surface area contributed by atoms with Crippen LogP contribution in [-0.4, -0.2) is 15.3 Å². The van der Waals surface area contributed by atoms with Crippen LogP contribution in [0.1, 0.15) is 65.8 Å². The number of carbonyl (C=O) groups excluding carboxylic acids is 1. The predicted octanol–water partition coefficient (Wildman–Crippen LogP) is 4.57. The lowest BCUT2D eigenvalue weighted by Gasteiger charge is -2.23. The van der Waals surface area contributed by atoms with Crippen LogP contribution in [0, 0.1) is 5.41 Å². The van der Waals surface area contributed by atoms with E-state index in [1.54, 1.807) is 12.5 Å². The Balaban J connectivity index is 2.65. The minimum atomic E-state index is -0.346. The summed E-state index contributed by atoms with van der Waals surface area (Å²) in [5.74, 6) is 0.223. The summed E-state index contributed by atoms with van der Waals surface area (Å²) in [6, 6.07) is -0.233.